The number of ether oxygens (including phenoxy) is 2. The third-order valence-electron chi connectivity index (χ3n) is 11.5. The van der Waals surface area contributed by atoms with Gasteiger partial charge in [0, 0.05) is 55.5 Å². The van der Waals surface area contributed by atoms with Crippen LogP contribution in [0.5, 0.6) is 5.75 Å². The van der Waals surface area contributed by atoms with Crippen LogP contribution < -0.4 is 16.1 Å². The molecular weight excluding hydrogens is 779 g/mol. The van der Waals surface area contributed by atoms with Crippen molar-refractivity contribution >= 4 is 34.9 Å². The van der Waals surface area contributed by atoms with Crippen LogP contribution in [0.25, 0.3) is 33.3 Å². The lowest BCUT2D eigenvalue weighted by molar-refractivity contribution is -0.147. The quantitative estimate of drug-likeness (QED) is 0.132. The molecule has 0 saturated carbocycles. The highest BCUT2D eigenvalue weighted by molar-refractivity contribution is 5.97. The maximum Gasteiger partial charge on any atom is 0.307 e. The first kappa shape index (κ1) is 43.2. The van der Waals surface area contributed by atoms with Crippen LogP contribution in [0.2, 0.25) is 0 Å². The molecule has 61 heavy (non-hydrogen) atoms. The second kappa shape index (κ2) is 18.0. The molecule has 3 atom stereocenters. The molecule has 15 nitrogen and oxygen atoms in total. The van der Waals surface area contributed by atoms with Gasteiger partial charge in [0.15, 0.2) is 0 Å². The zero-order valence-electron chi connectivity index (χ0n) is 35.6. The number of benzene rings is 2. The number of fused-ring (bicyclic) bond motifs is 6. The Bertz CT molecular complexity index is 2410. The van der Waals surface area contributed by atoms with E-state index in [0.717, 1.165) is 45.1 Å². The fourth-order valence-corrected chi connectivity index (χ4v) is 8.62. The first-order chi connectivity index (χ1) is 29.2. The number of carbonyl (C=O) groups excluding carboxylic acids is 4. The number of aryl methyl sites for hydroxylation is 1. The summed E-state index contributed by atoms with van der Waals surface area (Å²) < 4.78 is 19.5. The van der Waals surface area contributed by atoms with Crippen molar-refractivity contribution in [2.75, 3.05) is 26.9 Å². The van der Waals surface area contributed by atoms with Crippen LogP contribution in [0, 0.1) is 11.3 Å². The third-order valence-corrected chi connectivity index (χ3v) is 11.5. The molecule has 0 spiro atoms. The average Bonchev–Trinajstić information content (AvgIpc) is 3.88. The highest BCUT2D eigenvalue weighted by atomic mass is 16.5. The second-order valence-corrected chi connectivity index (χ2v) is 17.3. The molecule has 5 heterocycles. The smallest absolute Gasteiger partial charge is 0.307 e. The van der Waals surface area contributed by atoms with E-state index in [1.807, 2.05) is 24.4 Å². The van der Waals surface area contributed by atoms with Gasteiger partial charge in [-0.25, -0.2) is 10.4 Å². The average molecular weight is 834 g/mol. The molecule has 3 amide bonds. The predicted octanol–water partition coefficient (Wildman–Crippen LogP) is 5.38. The first-order valence-corrected chi connectivity index (χ1v) is 20.8. The summed E-state index contributed by atoms with van der Waals surface area (Å²) >= 11 is 0. The third kappa shape index (κ3) is 9.24. The Hall–Kier alpha value is -5.90. The zero-order valence-corrected chi connectivity index (χ0v) is 35.6. The molecule has 2 aliphatic heterocycles. The summed E-state index contributed by atoms with van der Waals surface area (Å²) in [5, 5.41) is 19.2. The van der Waals surface area contributed by atoms with Gasteiger partial charge < -0.3 is 39.0 Å². The molecular formula is C46H55N7O8. The molecule has 7 rings (SSSR count). The normalized spacial score (nSPS) is 20.0. The van der Waals surface area contributed by atoms with Crippen molar-refractivity contribution in [3.05, 3.63) is 89.9 Å². The zero-order chi connectivity index (χ0) is 43.5. The summed E-state index contributed by atoms with van der Waals surface area (Å²) in [5.74, 6) is -2.37. The van der Waals surface area contributed by atoms with Gasteiger partial charge in [0.1, 0.15) is 35.9 Å². The molecule has 3 aromatic heterocycles. The molecule has 4 N–H and O–H groups in total. The van der Waals surface area contributed by atoms with Crippen LogP contribution in [0.4, 0.5) is 0 Å². The minimum atomic E-state index is -1.21. The van der Waals surface area contributed by atoms with Crippen molar-refractivity contribution in [2.45, 2.75) is 91.1 Å². The number of nitrogens with zero attached hydrogens (tertiary/aromatic N) is 4. The Balaban J connectivity index is 1.35. The van der Waals surface area contributed by atoms with Crippen molar-refractivity contribution in [1.29, 1.82) is 0 Å². The second-order valence-electron chi connectivity index (χ2n) is 17.3. The molecule has 6 bridgehead atoms. The molecule has 15 heteroatoms. The van der Waals surface area contributed by atoms with Crippen molar-refractivity contribution in [1.82, 2.24) is 35.6 Å². The van der Waals surface area contributed by atoms with Crippen LogP contribution in [-0.4, -0.2) is 93.1 Å². The van der Waals surface area contributed by atoms with E-state index in [1.54, 1.807) is 39.3 Å². The highest BCUT2D eigenvalue weighted by Crippen LogP contribution is 2.41. The van der Waals surface area contributed by atoms with E-state index in [2.05, 4.69) is 63.5 Å². The van der Waals surface area contributed by atoms with Gasteiger partial charge in [0.2, 0.25) is 5.91 Å². The summed E-state index contributed by atoms with van der Waals surface area (Å²) in [7, 11) is 1.68. The number of aldehydes is 1. The number of hydrogen-bond acceptors (Lipinski definition) is 11. The number of aromatic hydroxyl groups is 1. The molecule has 322 valence electrons. The van der Waals surface area contributed by atoms with Crippen molar-refractivity contribution in [2.24, 2.45) is 11.3 Å². The summed E-state index contributed by atoms with van der Waals surface area (Å²) in [6, 6.07) is 11.2. The van der Waals surface area contributed by atoms with Gasteiger partial charge in [-0.1, -0.05) is 39.8 Å². The molecule has 2 aliphatic rings. The number of hydrogen-bond donors (Lipinski definition) is 4. The van der Waals surface area contributed by atoms with Crippen LogP contribution in [-0.2, 0) is 49.9 Å². The number of phenolic OH excluding ortho intramolecular Hbond substituents is 1. The Kier molecular flexibility index (Phi) is 12.7. The Morgan fingerprint density at radius 1 is 1.11 bits per heavy atom. The fourth-order valence-electron chi connectivity index (χ4n) is 8.62. The van der Waals surface area contributed by atoms with Gasteiger partial charge in [-0.05, 0) is 95.7 Å². The number of nitrogens with one attached hydrogen (secondary N) is 3. The van der Waals surface area contributed by atoms with E-state index in [-0.39, 0.29) is 37.1 Å². The van der Waals surface area contributed by atoms with E-state index in [4.69, 9.17) is 13.9 Å². The van der Waals surface area contributed by atoms with Gasteiger partial charge in [-0.3, -0.25) is 24.4 Å². The van der Waals surface area contributed by atoms with Crippen LogP contribution in [0.15, 0.2) is 71.7 Å². The van der Waals surface area contributed by atoms with Crippen LogP contribution in [0.3, 0.4) is 0 Å². The van der Waals surface area contributed by atoms with Crippen molar-refractivity contribution < 1.29 is 38.2 Å². The topological polar surface area (TPSA) is 190 Å². The molecule has 2 aromatic carbocycles. The van der Waals surface area contributed by atoms with Crippen LogP contribution in [0.1, 0.15) is 74.8 Å². The molecule has 0 radical (unpaired) electrons. The Labute approximate surface area is 355 Å². The van der Waals surface area contributed by atoms with Gasteiger partial charge in [0.25, 0.3) is 11.8 Å². The van der Waals surface area contributed by atoms with Gasteiger partial charge in [0.05, 0.1) is 31.7 Å². The number of oxazole rings is 1. The number of pyridine rings is 1. The molecule has 1 saturated heterocycles. The molecule has 1 fully saturated rings. The van der Waals surface area contributed by atoms with Gasteiger partial charge in [-0.2, -0.15) is 0 Å². The van der Waals surface area contributed by atoms with Crippen molar-refractivity contribution in [3.63, 3.8) is 0 Å². The number of methoxy groups -OCH3 is 1. The van der Waals surface area contributed by atoms with E-state index in [9.17, 15) is 24.3 Å². The summed E-state index contributed by atoms with van der Waals surface area (Å²) in [6.07, 6.45) is 8.57. The monoisotopic (exact) mass is 833 g/mol. The van der Waals surface area contributed by atoms with E-state index < -0.39 is 40.8 Å². The van der Waals surface area contributed by atoms with E-state index in [0.29, 0.717) is 50.1 Å². The number of amides is 3. The van der Waals surface area contributed by atoms with Gasteiger partial charge in [-0.15, -0.1) is 0 Å². The number of rotatable bonds is 10. The summed E-state index contributed by atoms with van der Waals surface area (Å²) in [6.45, 7) is 11.6. The lowest BCUT2D eigenvalue weighted by Gasteiger charge is -2.42. The minimum absolute atomic E-state index is 0.00718. The minimum Gasteiger partial charge on any atom is -0.508 e. The number of carbonyl (C=O) groups is 4. The molecule has 0 aliphatic carbocycles. The molecule has 5 aromatic rings. The fraction of sp³-hybridized carbons (Fsp3) is 0.435. The Morgan fingerprint density at radius 2 is 1.93 bits per heavy atom. The standard InChI is InChI=1S/C46H55N7O8/c1-7-52-38-10-9-30-21-34(38)35(40(52)36-23-47-13-11-31(36)24-59-6)22-45(4,5)26-60-27-46(25-54)12-8-15-53(51-46)44(58)37(19-29-17-32(30)20-33(55)18-29)49-41(56)39(28(2)3)50-42(57)43-48-14-16-61-43/h9-11,13-14,16-18,20-21,23,25,28,37,39,51,55H,7-8,12,15,19,22,24,26-27H2,1-6H3,(H,49,56)(H,50,57)/t37-,39-,46?/m0/s1. The molecule has 1 unspecified atom stereocenters. The maximum atomic E-state index is 14.6. The lowest BCUT2D eigenvalue weighted by atomic mass is 9.84. The first-order valence-electron chi connectivity index (χ1n) is 20.8. The Morgan fingerprint density at radius 3 is 2.66 bits per heavy atom. The maximum absolute atomic E-state index is 14.6. The van der Waals surface area contributed by atoms with Crippen LogP contribution >= 0.6 is 0 Å². The highest BCUT2D eigenvalue weighted by Gasteiger charge is 2.41. The van der Waals surface area contributed by atoms with Crippen molar-refractivity contribution in [3.8, 4) is 28.1 Å². The van der Waals surface area contributed by atoms with E-state index in [1.165, 1.54) is 17.5 Å². The summed E-state index contributed by atoms with van der Waals surface area (Å²) in [5.41, 5.74) is 8.83. The largest absolute Gasteiger partial charge is 0.508 e. The number of aromatic nitrogens is 3. The van der Waals surface area contributed by atoms with E-state index >= 15 is 0 Å². The lowest BCUT2D eigenvalue weighted by Crippen LogP contribution is -2.66. The SMILES string of the molecule is CCn1c(-c2cnccc2COC)c2c3cc(ccc31)-c1cc(O)cc(c1)C[C@H](NC(=O)[C@@H](NC(=O)c1ncco1)C(C)C)C(=O)N1CCCC(C=O)(COCC(C)(C)C2)N1. The summed E-state index contributed by atoms with van der Waals surface area (Å²) in [4.78, 5) is 63.1. The van der Waals surface area contributed by atoms with Gasteiger partial charge >= 0.3 is 5.91 Å². The predicted molar refractivity (Wildman–Crippen MR) is 228 cm³/mol. The number of phenols is 1. The number of hydrazine groups is 1.